The van der Waals surface area contributed by atoms with Gasteiger partial charge in [-0.15, -0.1) is 0 Å². The third-order valence-corrected chi connectivity index (χ3v) is 3.78. The Hall–Kier alpha value is -0.0400. The molecule has 2 saturated carbocycles. The Labute approximate surface area is 75.9 Å². The summed E-state index contributed by atoms with van der Waals surface area (Å²) < 4.78 is 0. The van der Waals surface area contributed by atoms with Gasteiger partial charge in [0.2, 0.25) is 0 Å². The molecule has 0 saturated heterocycles. The van der Waals surface area contributed by atoms with E-state index in [4.69, 9.17) is 0 Å². The number of fused-ring (bicyclic) bond motifs is 1. The Morgan fingerprint density at radius 2 is 1.92 bits per heavy atom. The van der Waals surface area contributed by atoms with E-state index in [1.165, 1.54) is 38.5 Å². The maximum atomic E-state index is 3.60. The SMILES string of the molecule is CCNC1CCC2CCCC2C1. The molecule has 2 aliphatic carbocycles. The normalized spacial score (nSPS) is 41.2. The summed E-state index contributed by atoms with van der Waals surface area (Å²) in [6, 6.07) is 0.856. The van der Waals surface area contributed by atoms with Crippen LogP contribution in [0.2, 0.25) is 0 Å². The second-order valence-corrected chi connectivity index (χ2v) is 4.52. The van der Waals surface area contributed by atoms with E-state index >= 15 is 0 Å². The molecule has 0 aliphatic heterocycles. The molecule has 2 aliphatic rings. The fourth-order valence-corrected chi connectivity index (χ4v) is 3.18. The fourth-order valence-electron chi connectivity index (χ4n) is 3.18. The molecule has 12 heavy (non-hydrogen) atoms. The minimum absolute atomic E-state index is 0.856. The molecule has 0 spiro atoms. The molecular weight excluding hydrogens is 146 g/mol. The molecule has 0 aromatic rings. The molecule has 0 bridgehead atoms. The van der Waals surface area contributed by atoms with Gasteiger partial charge in [0.25, 0.3) is 0 Å². The predicted molar refractivity (Wildman–Crippen MR) is 52.1 cm³/mol. The second-order valence-electron chi connectivity index (χ2n) is 4.52. The lowest BCUT2D eigenvalue weighted by molar-refractivity contribution is 0.228. The number of rotatable bonds is 2. The van der Waals surface area contributed by atoms with E-state index < -0.39 is 0 Å². The van der Waals surface area contributed by atoms with E-state index in [0.29, 0.717) is 0 Å². The summed E-state index contributed by atoms with van der Waals surface area (Å²) in [5, 5.41) is 3.60. The Kier molecular flexibility index (Phi) is 2.69. The predicted octanol–water partition coefficient (Wildman–Crippen LogP) is 2.56. The van der Waals surface area contributed by atoms with Crippen LogP contribution in [0.5, 0.6) is 0 Å². The molecule has 70 valence electrons. The van der Waals surface area contributed by atoms with Crippen LogP contribution >= 0.6 is 0 Å². The molecule has 1 nitrogen and oxygen atoms in total. The van der Waals surface area contributed by atoms with E-state index in [9.17, 15) is 0 Å². The van der Waals surface area contributed by atoms with Crippen molar-refractivity contribution in [1.29, 1.82) is 0 Å². The van der Waals surface area contributed by atoms with Crippen molar-refractivity contribution < 1.29 is 0 Å². The topological polar surface area (TPSA) is 12.0 Å². The summed E-state index contributed by atoms with van der Waals surface area (Å²) in [4.78, 5) is 0. The number of hydrogen-bond acceptors (Lipinski definition) is 1. The van der Waals surface area contributed by atoms with Gasteiger partial charge in [-0.3, -0.25) is 0 Å². The minimum atomic E-state index is 0.856. The zero-order valence-electron chi connectivity index (χ0n) is 8.18. The van der Waals surface area contributed by atoms with Gasteiger partial charge in [0.1, 0.15) is 0 Å². The minimum Gasteiger partial charge on any atom is -0.314 e. The van der Waals surface area contributed by atoms with Crippen LogP contribution in [0.4, 0.5) is 0 Å². The van der Waals surface area contributed by atoms with Gasteiger partial charge in [0.15, 0.2) is 0 Å². The summed E-state index contributed by atoms with van der Waals surface area (Å²) in [5.74, 6) is 2.20. The lowest BCUT2D eigenvalue weighted by atomic mass is 9.79. The van der Waals surface area contributed by atoms with Crippen molar-refractivity contribution in [2.75, 3.05) is 6.54 Å². The summed E-state index contributed by atoms with van der Waals surface area (Å²) in [6.07, 6.45) is 8.97. The molecule has 0 aromatic carbocycles. The highest BCUT2D eigenvalue weighted by molar-refractivity contribution is 4.87. The first-order valence-corrected chi connectivity index (χ1v) is 5.63. The van der Waals surface area contributed by atoms with Crippen molar-refractivity contribution in [3.8, 4) is 0 Å². The van der Waals surface area contributed by atoms with Crippen LogP contribution in [0.15, 0.2) is 0 Å². The van der Waals surface area contributed by atoms with E-state index in [1.807, 2.05) is 0 Å². The molecule has 0 amide bonds. The van der Waals surface area contributed by atoms with Crippen LogP contribution in [0.3, 0.4) is 0 Å². The van der Waals surface area contributed by atoms with Gasteiger partial charge in [-0.1, -0.05) is 26.2 Å². The molecule has 1 N–H and O–H groups in total. The zero-order chi connectivity index (χ0) is 8.39. The average molecular weight is 167 g/mol. The van der Waals surface area contributed by atoms with Gasteiger partial charge in [-0.05, 0) is 37.6 Å². The van der Waals surface area contributed by atoms with Crippen molar-refractivity contribution in [3.63, 3.8) is 0 Å². The maximum Gasteiger partial charge on any atom is 0.00697 e. The molecule has 3 unspecified atom stereocenters. The third-order valence-electron chi connectivity index (χ3n) is 3.78. The number of nitrogens with one attached hydrogen (secondary N) is 1. The zero-order valence-corrected chi connectivity index (χ0v) is 8.18. The lowest BCUT2D eigenvalue weighted by Crippen LogP contribution is -2.35. The third kappa shape index (κ3) is 1.66. The Morgan fingerprint density at radius 1 is 1.08 bits per heavy atom. The van der Waals surface area contributed by atoms with E-state index in [0.717, 1.165) is 24.4 Å². The summed E-state index contributed by atoms with van der Waals surface area (Å²) in [5.41, 5.74) is 0. The van der Waals surface area contributed by atoms with E-state index in [-0.39, 0.29) is 0 Å². The second kappa shape index (κ2) is 3.78. The molecule has 0 heterocycles. The van der Waals surface area contributed by atoms with E-state index in [1.54, 1.807) is 0 Å². The Bertz CT molecular complexity index is 144. The van der Waals surface area contributed by atoms with Gasteiger partial charge < -0.3 is 5.32 Å². The van der Waals surface area contributed by atoms with Gasteiger partial charge in [-0.2, -0.15) is 0 Å². The van der Waals surface area contributed by atoms with Gasteiger partial charge in [-0.25, -0.2) is 0 Å². The quantitative estimate of drug-likeness (QED) is 0.666. The van der Waals surface area contributed by atoms with Crippen molar-refractivity contribution in [1.82, 2.24) is 5.32 Å². The molecule has 2 fully saturated rings. The first-order valence-electron chi connectivity index (χ1n) is 5.63. The van der Waals surface area contributed by atoms with Crippen LogP contribution in [-0.2, 0) is 0 Å². The van der Waals surface area contributed by atoms with Gasteiger partial charge >= 0.3 is 0 Å². The van der Waals surface area contributed by atoms with Gasteiger partial charge in [0.05, 0.1) is 0 Å². The average Bonchev–Trinajstić information content (AvgIpc) is 2.51. The first kappa shape index (κ1) is 8.55. The monoisotopic (exact) mass is 167 g/mol. The largest absolute Gasteiger partial charge is 0.314 e. The maximum absolute atomic E-state index is 3.60. The molecular formula is C11H21N. The molecule has 3 atom stereocenters. The lowest BCUT2D eigenvalue weighted by Gasteiger charge is -2.32. The highest BCUT2D eigenvalue weighted by Crippen LogP contribution is 2.41. The van der Waals surface area contributed by atoms with Crippen LogP contribution in [0, 0.1) is 11.8 Å². The Morgan fingerprint density at radius 3 is 2.75 bits per heavy atom. The molecule has 1 heteroatoms. The van der Waals surface area contributed by atoms with Crippen molar-refractivity contribution in [3.05, 3.63) is 0 Å². The molecule has 0 radical (unpaired) electrons. The summed E-state index contributed by atoms with van der Waals surface area (Å²) in [6.45, 7) is 3.38. The highest BCUT2D eigenvalue weighted by Gasteiger charge is 2.33. The fraction of sp³-hybridized carbons (Fsp3) is 1.00. The molecule has 2 rings (SSSR count). The van der Waals surface area contributed by atoms with Crippen molar-refractivity contribution in [2.45, 2.75) is 51.5 Å². The smallest absolute Gasteiger partial charge is 0.00697 e. The van der Waals surface area contributed by atoms with E-state index in [2.05, 4.69) is 12.2 Å². The highest BCUT2D eigenvalue weighted by atomic mass is 14.9. The van der Waals surface area contributed by atoms with Crippen LogP contribution in [0.1, 0.15) is 45.4 Å². The van der Waals surface area contributed by atoms with Crippen LogP contribution in [-0.4, -0.2) is 12.6 Å². The van der Waals surface area contributed by atoms with Gasteiger partial charge in [0, 0.05) is 6.04 Å². The summed E-state index contributed by atoms with van der Waals surface area (Å²) in [7, 11) is 0. The number of hydrogen-bond donors (Lipinski definition) is 1. The van der Waals surface area contributed by atoms with Crippen LogP contribution < -0.4 is 5.32 Å². The Balaban J connectivity index is 1.84. The standard InChI is InChI=1S/C11H21N/c1-2-12-11-7-6-9-4-3-5-10(9)8-11/h9-12H,2-8H2,1H3. The first-order chi connectivity index (χ1) is 5.90. The summed E-state index contributed by atoms with van der Waals surface area (Å²) >= 11 is 0. The van der Waals surface area contributed by atoms with Crippen LogP contribution in [0.25, 0.3) is 0 Å². The molecule has 0 aromatic heterocycles. The van der Waals surface area contributed by atoms with Crippen molar-refractivity contribution >= 4 is 0 Å². The van der Waals surface area contributed by atoms with Crippen molar-refractivity contribution in [2.24, 2.45) is 11.8 Å².